The summed E-state index contributed by atoms with van der Waals surface area (Å²) in [6.45, 7) is 1.91. The lowest BCUT2D eigenvalue weighted by Gasteiger charge is -1.98. The Hall–Kier alpha value is -1.93. The van der Waals surface area contributed by atoms with Gasteiger partial charge >= 0.3 is 0 Å². The lowest BCUT2D eigenvalue weighted by atomic mass is 10.3. The van der Waals surface area contributed by atoms with Crippen molar-refractivity contribution in [3.63, 3.8) is 0 Å². The molecule has 0 unspecified atom stereocenters. The standard InChI is InChI=1S/C10H9N3O/c1-7-12-9-5-3-4-8(11-6-14)10(9)13(7)2/h3-5H,1-2H3. The summed E-state index contributed by atoms with van der Waals surface area (Å²) >= 11 is 0. The Morgan fingerprint density at radius 2 is 2.29 bits per heavy atom. The summed E-state index contributed by atoms with van der Waals surface area (Å²) < 4.78 is 1.91. The zero-order valence-corrected chi connectivity index (χ0v) is 7.98. The Kier molecular flexibility index (Phi) is 1.91. The number of aliphatic imine (C=N–C) groups is 1. The van der Waals surface area contributed by atoms with Gasteiger partial charge in [-0.3, -0.25) is 0 Å². The summed E-state index contributed by atoms with van der Waals surface area (Å²) in [5.74, 6) is 0.897. The molecular weight excluding hydrogens is 178 g/mol. The van der Waals surface area contributed by atoms with Crippen molar-refractivity contribution in [2.24, 2.45) is 12.0 Å². The summed E-state index contributed by atoms with van der Waals surface area (Å²) in [4.78, 5) is 18.2. The summed E-state index contributed by atoms with van der Waals surface area (Å²) in [5.41, 5.74) is 2.33. The SMILES string of the molecule is Cc1nc2cccc(N=C=O)c2n1C. The molecule has 4 nitrogen and oxygen atoms in total. The molecule has 0 aliphatic heterocycles. The number of benzene rings is 1. The first-order chi connectivity index (χ1) is 6.74. The van der Waals surface area contributed by atoms with Crippen molar-refractivity contribution in [3.8, 4) is 0 Å². The number of rotatable bonds is 1. The minimum atomic E-state index is 0.612. The van der Waals surface area contributed by atoms with Gasteiger partial charge in [0.2, 0.25) is 6.08 Å². The molecular formula is C10H9N3O. The second-order valence-electron chi connectivity index (χ2n) is 3.07. The van der Waals surface area contributed by atoms with Gasteiger partial charge in [-0.1, -0.05) is 6.07 Å². The first-order valence-corrected chi connectivity index (χ1v) is 4.24. The average molecular weight is 187 g/mol. The molecule has 0 N–H and O–H groups in total. The van der Waals surface area contributed by atoms with Crippen LogP contribution in [0.1, 0.15) is 5.82 Å². The lowest BCUT2D eigenvalue weighted by molar-refractivity contribution is 0.565. The molecule has 0 radical (unpaired) electrons. The molecule has 4 heteroatoms. The molecule has 70 valence electrons. The van der Waals surface area contributed by atoms with Crippen LogP contribution in [0.5, 0.6) is 0 Å². The molecule has 0 saturated heterocycles. The highest BCUT2D eigenvalue weighted by atomic mass is 16.1. The molecule has 0 spiro atoms. The maximum Gasteiger partial charge on any atom is 0.240 e. The number of para-hydroxylation sites is 1. The van der Waals surface area contributed by atoms with Gasteiger partial charge in [-0.15, -0.1) is 0 Å². The summed E-state index contributed by atoms with van der Waals surface area (Å²) in [6.07, 6.45) is 1.55. The Bertz CT molecular complexity index is 536. The molecule has 0 bridgehead atoms. The Morgan fingerprint density at radius 1 is 1.50 bits per heavy atom. The first-order valence-electron chi connectivity index (χ1n) is 4.24. The first kappa shape index (κ1) is 8.66. The van der Waals surface area contributed by atoms with E-state index in [9.17, 15) is 4.79 Å². The average Bonchev–Trinajstić information content (AvgIpc) is 2.45. The molecule has 2 rings (SSSR count). The van der Waals surface area contributed by atoms with Gasteiger partial charge in [-0.05, 0) is 19.1 Å². The molecule has 1 aromatic heterocycles. The molecule has 0 aliphatic rings. The quantitative estimate of drug-likeness (QED) is 0.505. The van der Waals surface area contributed by atoms with Crippen molar-refractivity contribution >= 4 is 22.8 Å². The van der Waals surface area contributed by atoms with Crippen LogP contribution in [0.15, 0.2) is 23.2 Å². The minimum absolute atomic E-state index is 0.612. The van der Waals surface area contributed by atoms with Crippen LogP contribution >= 0.6 is 0 Å². The number of hydrogen-bond acceptors (Lipinski definition) is 3. The van der Waals surface area contributed by atoms with Crippen molar-refractivity contribution in [2.75, 3.05) is 0 Å². The van der Waals surface area contributed by atoms with E-state index in [1.807, 2.05) is 30.7 Å². The Morgan fingerprint density at radius 3 is 3.00 bits per heavy atom. The maximum atomic E-state index is 10.2. The molecule has 1 heterocycles. The predicted octanol–water partition coefficient (Wildman–Crippen LogP) is 1.85. The molecule has 0 saturated carbocycles. The number of nitrogens with zero attached hydrogens (tertiary/aromatic N) is 3. The number of carbonyl (C=O) groups excluding carboxylic acids is 1. The van der Waals surface area contributed by atoms with E-state index in [1.54, 1.807) is 12.1 Å². The number of fused-ring (bicyclic) bond motifs is 1. The van der Waals surface area contributed by atoms with E-state index in [1.165, 1.54) is 0 Å². The van der Waals surface area contributed by atoms with Crippen LogP contribution in [0.2, 0.25) is 0 Å². The van der Waals surface area contributed by atoms with E-state index in [0.717, 1.165) is 16.9 Å². The third-order valence-corrected chi connectivity index (χ3v) is 2.26. The van der Waals surface area contributed by atoms with Crippen molar-refractivity contribution in [1.82, 2.24) is 9.55 Å². The van der Waals surface area contributed by atoms with E-state index in [2.05, 4.69) is 9.98 Å². The minimum Gasteiger partial charge on any atom is -0.330 e. The van der Waals surface area contributed by atoms with Gasteiger partial charge in [0, 0.05) is 7.05 Å². The van der Waals surface area contributed by atoms with Crippen LogP contribution in [0.3, 0.4) is 0 Å². The summed E-state index contributed by atoms with van der Waals surface area (Å²) in [5, 5.41) is 0. The molecule has 0 atom stereocenters. The lowest BCUT2D eigenvalue weighted by Crippen LogP contribution is -1.90. The highest BCUT2D eigenvalue weighted by molar-refractivity contribution is 5.88. The van der Waals surface area contributed by atoms with Crippen LogP contribution in [0, 0.1) is 6.92 Å². The maximum absolute atomic E-state index is 10.2. The van der Waals surface area contributed by atoms with E-state index in [4.69, 9.17) is 0 Å². The van der Waals surface area contributed by atoms with Gasteiger partial charge in [0.15, 0.2) is 0 Å². The topological polar surface area (TPSA) is 47.2 Å². The van der Waals surface area contributed by atoms with Crippen LogP contribution in [-0.2, 0) is 11.8 Å². The van der Waals surface area contributed by atoms with E-state index < -0.39 is 0 Å². The molecule has 0 fully saturated rings. The third kappa shape index (κ3) is 1.13. The monoisotopic (exact) mass is 187 g/mol. The van der Waals surface area contributed by atoms with Crippen molar-refractivity contribution < 1.29 is 4.79 Å². The number of aromatic nitrogens is 2. The predicted molar refractivity (Wildman–Crippen MR) is 53.2 cm³/mol. The molecule has 0 aliphatic carbocycles. The highest BCUT2D eigenvalue weighted by Crippen LogP contribution is 2.25. The zero-order valence-electron chi connectivity index (χ0n) is 7.98. The van der Waals surface area contributed by atoms with Gasteiger partial charge in [0.25, 0.3) is 0 Å². The summed E-state index contributed by atoms with van der Waals surface area (Å²) in [7, 11) is 1.90. The fourth-order valence-electron chi connectivity index (χ4n) is 1.50. The Labute approximate surface area is 80.9 Å². The van der Waals surface area contributed by atoms with Crippen molar-refractivity contribution in [3.05, 3.63) is 24.0 Å². The van der Waals surface area contributed by atoms with Gasteiger partial charge < -0.3 is 4.57 Å². The molecule has 1 aromatic carbocycles. The largest absolute Gasteiger partial charge is 0.330 e. The van der Waals surface area contributed by atoms with Crippen LogP contribution in [0.4, 0.5) is 5.69 Å². The number of isocyanates is 1. The number of aryl methyl sites for hydroxylation is 2. The third-order valence-electron chi connectivity index (χ3n) is 2.26. The molecule has 2 aromatic rings. The highest BCUT2D eigenvalue weighted by Gasteiger charge is 2.07. The fraction of sp³-hybridized carbons (Fsp3) is 0.200. The van der Waals surface area contributed by atoms with Crippen molar-refractivity contribution in [2.45, 2.75) is 6.92 Å². The van der Waals surface area contributed by atoms with Crippen LogP contribution < -0.4 is 0 Å². The number of hydrogen-bond donors (Lipinski definition) is 0. The molecule has 14 heavy (non-hydrogen) atoms. The zero-order chi connectivity index (χ0) is 10.1. The fourth-order valence-corrected chi connectivity index (χ4v) is 1.50. The van der Waals surface area contributed by atoms with Gasteiger partial charge in [-0.2, -0.15) is 4.99 Å². The van der Waals surface area contributed by atoms with Crippen LogP contribution in [0.25, 0.3) is 11.0 Å². The second-order valence-corrected chi connectivity index (χ2v) is 3.07. The second kappa shape index (κ2) is 3.09. The Balaban J connectivity index is 2.90. The summed E-state index contributed by atoms with van der Waals surface area (Å²) in [6, 6.07) is 5.49. The van der Waals surface area contributed by atoms with Crippen LogP contribution in [-0.4, -0.2) is 15.6 Å². The van der Waals surface area contributed by atoms with E-state index in [0.29, 0.717) is 5.69 Å². The van der Waals surface area contributed by atoms with Gasteiger partial charge in [0.1, 0.15) is 11.5 Å². The van der Waals surface area contributed by atoms with E-state index >= 15 is 0 Å². The number of imidazole rings is 1. The normalized spacial score (nSPS) is 10.1. The van der Waals surface area contributed by atoms with Crippen molar-refractivity contribution in [1.29, 1.82) is 0 Å². The molecule has 0 amide bonds. The van der Waals surface area contributed by atoms with Gasteiger partial charge in [-0.25, -0.2) is 9.78 Å². The van der Waals surface area contributed by atoms with E-state index in [-0.39, 0.29) is 0 Å². The smallest absolute Gasteiger partial charge is 0.240 e. The van der Waals surface area contributed by atoms with Gasteiger partial charge in [0.05, 0.1) is 11.0 Å².